The molecule has 0 heterocycles. The first-order valence-electron chi connectivity index (χ1n) is 7.46. The molecule has 1 N–H and O–H groups in total. The van der Waals surface area contributed by atoms with E-state index in [2.05, 4.69) is 19.2 Å². The van der Waals surface area contributed by atoms with Crippen LogP contribution in [0, 0.1) is 0 Å². The Morgan fingerprint density at radius 1 is 1.25 bits per heavy atom. The topological polar surface area (TPSA) is 32.3 Å². The lowest BCUT2D eigenvalue weighted by Gasteiger charge is -2.22. The van der Waals surface area contributed by atoms with Gasteiger partial charge in [-0.05, 0) is 38.0 Å². The van der Waals surface area contributed by atoms with Gasteiger partial charge in [0.1, 0.15) is 0 Å². The number of carbonyl (C=O) groups is 1. The minimum atomic E-state index is 0.0575. The molecule has 0 atom stereocenters. The first kappa shape index (κ1) is 16.8. The number of halogens is 1. The van der Waals surface area contributed by atoms with Gasteiger partial charge >= 0.3 is 0 Å². The van der Waals surface area contributed by atoms with Crippen molar-refractivity contribution in [3.8, 4) is 0 Å². The Balaban J connectivity index is 2.96. The molecule has 4 heteroatoms. The van der Waals surface area contributed by atoms with E-state index in [9.17, 15) is 4.79 Å². The van der Waals surface area contributed by atoms with E-state index in [1.54, 1.807) is 6.07 Å². The van der Waals surface area contributed by atoms with Crippen molar-refractivity contribution in [1.29, 1.82) is 0 Å². The number of benzene rings is 1. The zero-order valence-corrected chi connectivity index (χ0v) is 13.5. The predicted octanol–water partition coefficient (Wildman–Crippen LogP) is 4.42. The Kier molecular flexibility index (Phi) is 7.45. The maximum atomic E-state index is 12.6. The van der Waals surface area contributed by atoms with E-state index < -0.39 is 0 Å². The second kappa shape index (κ2) is 8.85. The van der Waals surface area contributed by atoms with Crippen molar-refractivity contribution >= 4 is 23.2 Å². The summed E-state index contributed by atoms with van der Waals surface area (Å²) in [5, 5.41) is 3.90. The van der Waals surface area contributed by atoms with Gasteiger partial charge in [-0.2, -0.15) is 0 Å². The molecule has 3 nitrogen and oxygen atoms in total. The number of hydrogen-bond acceptors (Lipinski definition) is 2. The Hall–Kier alpha value is -1.22. The van der Waals surface area contributed by atoms with E-state index in [1.807, 2.05) is 24.0 Å². The average molecular weight is 297 g/mol. The van der Waals surface area contributed by atoms with E-state index in [-0.39, 0.29) is 5.91 Å². The van der Waals surface area contributed by atoms with Crippen LogP contribution in [0.3, 0.4) is 0 Å². The molecule has 0 aromatic heterocycles. The Morgan fingerprint density at radius 3 is 2.60 bits per heavy atom. The molecule has 0 saturated carbocycles. The molecule has 112 valence electrons. The van der Waals surface area contributed by atoms with E-state index in [1.165, 1.54) is 0 Å². The standard InChI is InChI=1S/C16H25ClN2O/c1-4-7-11-19(6-3)16(20)14-12-13(17)8-9-15(14)18-10-5-2/h8-9,12,18H,4-7,10-11H2,1-3H3. The van der Waals surface area contributed by atoms with Gasteiger partial charge in [0.2, 0.25) is 0 Å². The zero-order chi connectivity index (χ0) is 15.0. The van der Waals surface area contributed by atoms with Crippen LogP contribution >= 0.6 is 11.6 Å². The lowest BCUT2D eigenvalue weighted by atomic mass is 10.1. The monoisotopic (exact) mass is 296 g/mol. The number of carbonyl (C=O) groups excluding carboxylic acids is 1. The second-order valence-electron chi connectivity index (χ2n) is 4.86. The maximum absolute atomic E-state index is 12.6. The molecule has 0 aliphatic carbocycles. The fourth-order valence-corrected chi connectivity index (χ4v) is 2.20. The molecule has 1 rings (SSSR count). The van der Waals surface area contributed by atoms with Crippen LogP contribution in [-0.4, -0.2) is 30.4 Å². The number of nitrogens with zero attached hydrogens (tertiary/aromatic N) is 1. The summed E-state index contributed by atoms with van der Waals surface area (Å²) in [4.78, 5) is 14.5. The van der Waals surface area contributed by atoms with Crippen LogP contribution in [0.15, 0.2) is 18.2 Å². The summed E-state index contributed by atoms with van der Waals surface area (Å²) in [5.74, 6) is 0.0575. The number of nitrogens with one attached hydrogen (secondary N) is 1. The highest BCUT2D eigenvalue weighted by atomic mass is 35.5. The molecule has 1 amide bonds. The molecule has 0 unspecified atom stereocenters. The predicted molar refractivity (Wildman–Crippen MR) is 86.7 cm³/mol. The fourth-order valence-electron chi connectivity index (χ4n) is 2.03. The Labute approximate surface area is 127 Å². The quantitative estimate of drug-likeness (QED) is 0.770. The molecular formula is C16H25ClN2O. The number of anilines is 1. The zero-order valence-electron chi connectivity index (χ0n) is 12.7. The highest BCUT2D eigenvalue weighted by Gasteiger charge is 2.17. The molecule has 0 spiro atoms. The van der Waals surface area contributed by atoms with Gasteiger partial charge in [0.25, 0.3) is 5.91 Å². The molecule has 20 heavy (non-hydrogen) atoms. The Bertz CT molecular complexity index is 434. The molecule has 1 aromatic rings. The SMILES string of the molecule is CCCCN(CC)C(=O)c1cc(Cl)ccc1NCCC. The van der Waals surface area contributed by atoms with E-state index in [4.69, 9.17) is 11.6 Å². The first-order valence-corrected chi connectivity index (χ1v) is 7.84. The van der Waals surface area contributed by atoms with Gasteiger partial charge in [-0.3, -0.25) is 4.79 Å². The number of hydrogen-bond donors (Lipinski definition) is 1. The Morgan fingerprint density at radius 2 is 2.00 bits per heavy atom. The largest absolute Gasteiger partial charge is 0.384 e. The number of rotatable bonds is 8. The van der Waals surface area contributed by atoms with Crippen molar-refractivity contribution < 1.29 is 4.79 Å². The highest BCUT2D eigenvalue weighted by molar-refractivity contribution is 6.31. The van der Waals surface area contributed by atoms with E-state index in [0.29, 0.717) is 10.6 Å². The van der Waals surface area contributed by atoms with Crippen LogP contribution in [0.25, 0.3) is 0 Å². The maximum Gasteiger partial charge on any atom is 0.255 e. The summed E-state index contributed by atoms with van der Waals surface area (Å²) >= 11 is 6.05. The summed E-state index contributed by atoms with van der Waals surface area (Å²) in [6.07, 6.45) is 3.13. The van der Waals surface area contributed by atoms with Crippen LogP contribution in [0.1, 0.15) is 50.4 Å². The molecule has 0 aliphatic heterocycles. The summed E-state index contributed by atoms with van der Waals surface area (Å²) in [6.45, 7) is 8.61. The van der Waals surface area contributed by atoms with Gasteiger partial charge in [0.05, 0.1) is 5.56 Å². The third-order valence-corrected chi connectivity index (χ3v) is 3.46. The molecule has 0 radical (unpaired) electrons. The minimum absolute atomic E-state index is 0.0575. The van der Waals surface area contributed by atoms with Crippen molar-refractivity contribution in [2.75, 3.05) is 25.0 Å². The van der Waals surface area contributed by atoms with Gasteiger partial charge in [-0.1, -0.05) is 31.9 Å². The summed E-state index contributed by atoms with van der Waals surface area (Å²) in [6, 6.07) is 5.47. The average Bonchev–Trinajstić information content (AvgIpc) is 2.46. The van der Waals surface area contributed by atoms with Gasteiger partial charge in [-0.25, -0.2) is 0 Å². The van der Waals surface area contributed by atoms with Crippen LogP contribution in [0.4, 0.5) is 5.69 Å². The van der Waals surface area contributed by atoms with Gasteiger partial charge in [-0.15, -0.1) is 0 Å². The fraction of sp³-hybridized carbons (Fsp3) is 0.562. The van der Waals surface area contributed by atoms with E-state index >= 15 is 0 Å². The van der Waals surface area contributed by atoms with Crippen molar-refractivity contribution in [2.45, 2.75) is 40.0 Å². The lowest BCUT2D eigenvalue weighted by molar-refractivity contribution is 0.0763. The molecule has 0 aliphatic rings. The molecule has 0 fully saturated rings. The highest BCUT2D eigenvalue weighted by Crippen LogP contribution is 2.22. The summed E-state index contributed by atoms with van der Waals surface area (Å²) < 4.78 is 0. The van der Waals surface area contributed by atoms with Crippen LogP contribution in [0.5, 0.6) is 0 Å². The van der Waals surface area contributed by atoms with Crippen molar-refractivity contribution in [3.63, 3.8) is 0 Å². The van der Waals surface area contributed by atoms with E-state index in [0.717, 1.165) is 44.6 Å². The third kappa shape index (κ3) is 4.71. The molecule has 0 saturated heterocycles. The lowest BCUT2D eigenvalue weighted by Crippen LogP contribution is -2.32. The van der Waals surface area contributed by atoms with Gasteiger partial charge in [0, 0.05) is 30.3 Å². The third-order valence-electron chi connectivity index (χ3n) is 3.23. The van der Waals surface area contributed by atoms with Crippen LogP contribution < -0.4 is 5.32 Å². The minimum Gasteiger partial charge on any atom is -0.384 e. The second-order valence-corrected chi connectivity index (χ2v) is 5.29. The number of unbranched alkanes of at least 4 members (excludes halogenated alkanes) is 1. The normalized spacial score (nSPS) is 10.4. The summed E-state index contributed by atoms with van der Waals surface area (Å²) in [7, 11) is 0. The van der Waals surface area contributed by atoms with Crippen LogP contribution in [0.2, 0.25) is 5.02 Å². The molecule has 0 bridgehead atoms. The molecular weight excluding hydrogens is 272 g/mol. The number of amides is 1. The van der Waals surface area contributed by atoms with Gasteiger partial charge in [0.15, 0.2) is 0 Å². The van der Waals surface area contributed by atoms with Crippen molar-refractivity contribution in [3.05, 3.63) is 28.8 Å². The smallest absolute Gasteiger partial charge is 0.255 e. The van der Waals surface area contributed by atoms with Crippen LogP contribution in [-0.2, 0) is 0 Å². The van der Waals surface area contributed by atoms with Crippen molar-refractivity contribution in [2.24, 2.45) is 0 Å². The molecule has 1 aromatic carbocycles. The summed E-state index contributed by atoms with van der Waals surface area (Å²) in [5.41, 5.74) is 1.54. The first-order chi connectivity index (χ1) is 9.63. The van der Waals surface area contributed by atoms with Gasteiger partial charge < -0.3 is 10.2 Å². The van der Waals surface area contributed by atoms with Crippen molar-refractivity contribution in [1.82, 2.24) is 4.90 Å².